The Morgan fingerprint density at radius 1 is 0.370 bits per heavy atom. The lowest BCUT2D eigenvalue weighted by molar-refractivity contribution is 0.212. The van der Waals surface area contributed by atoms with Gasteiger partial charge in [0.1, 0.15) is 56.8 Å². The Bertz CT molecular complexity index is 8660. The highest BCUT2D eigenvalue weighted by molar-refractivity contribution is 5.83. The van der Waals surface area contributed by atoms with E-state index in [4.69, 9.17) is 24.9 Å². The second-order valence-corrected chi connectivity index (χ2v) is 39.0. The smallest absolute Gasteiger partial charge is 0.275 e. The highest BCUT2D eigenvalue weighted by atomic mass is 16.1. The van der Waals surface area contributed by atoms with Gasteiger partial charge in [0.15, 0.2) is 11.5 Å². The van der Waals surface area contributed by atoms with Crippen molar-refractivity contribution in [1.29, 1.82) is 0 Å². The van der Waals surface area contributed by atoms with Crippen LogP contribution in [0, 0.1) is 48.5 Å². The van der Waals surface area contributed by atoms with Crippen LogP contribution in [0.5, 0.6) is 0 Å². The van der Waals surface area contributed by atoms with E-state index in [0.29, 0.717) is 79.9 Å². The van der Waals surface area contributed by atoms with Gasteiger partial charge in [-0.05, 0) is 241 Å². The maximum Gasteiger partial charge on any atom is 0.275 e. The van der Waals surface area contributed by atoms with Crippen LogP contribution in [0.15, 0.2) is 219 Å². The number of fused-ring (bicyclic) bond motifs is 10. The minimum Gasteiger partial charge on any atom is -0.368 e. The number of imidazole rings is 3. The Kier molecular flexibility index (Phi) is 27.0. The van der Waals surface area contributed by atoms with Gasteiger partial charge in [-0.3, -0.25) is 46.6 Å². The van der Waals surface area contributed by atoms with Crippen LogP contribution in [0.25, 0.3) is 124 Å². The lowest BCUT2D eigenvalue weighted by Crippen LogP contribution is -2.46. The number of piperidine rings is 2. The summed E-state index contributed by atoms with van der Waals surface area (Å²) in [4.78, 5) is 133. The Morgan fingerprint density at radius 2 is 0.842 bits per heavy atom. The molecule has 37 heteroatoms. The van der Waals surface area contributed by atoms with Gasteiger partial charge in [0.2, 0.25) is 0 Å². The molecule has 0 atom stereocenters. The largest absolute Gasteiger partial charge is 0.368 e. The van der Waals surface area contributed by atoms with Crippen molar-refractivity contribution in [3.8, 4) is 56.5 Å². The number of benzene rings is 2. The summed E-state index contributed by atoms with van der Waals surface area (Å²) in [6.45, 7) is 36.4. The summed E-state index contributed by atoms with van der Waals surface area (Å²) in [7, 11) is 6.03. The number of likely N-dealkylation sites (N-methyl/N-ethyl adjacent to an activating group) is 2. The molecule has 0 saturated carbocycles. The summed E-state index contributed by atoms with van der Waals surface area (Å²) in [6.07, 6.45) is 21.0. The molecule has 0 amide bonds. The maximum absolute atomic E-state index is 12.9. The second kappa shape index (κ2) is 41.0. The van der Waals surface area contributed by atoms with Gasteiger partial charge in [0.05, 0.1) is 114 Å². The number of hydrogen-bond donors (Lipinski definition) is 4. The minimum absolute atomic E-state index is 0.0695. The Morgan fingerprint density at radius 3 is 1.40 bits per heavy atom. The molecule has 2 aromatic carbocycles. The number of hydrogen-bond acceptors (Lipinski definition) is 27. The molecule has 5 aliphatic heterocycles. The molecule has 5 aliphatic rings. The van der Waals surface area contributed by atoms with Gasteiger partial charge in [-0.2, -0.15) is 19.8 Å². The van der Waals surface area contributed by atoms with Crippen LogP contribution >= 0.6 is 0 Å². The van der Waals surface area contributed by atoms with Crippen molar-refractivity contribution in [2.24, 2.45) is 0 Å². The third kappa shape index (κ3) is 20.4. The predicted molar refractivity (Wildman–Crippen MR) is 574 cm³/mol. The number of anilines is 4. The number of likely N-dealkylation sites (tertiary alicyclic amines) is 1. The molecule has 37 nitrogen and oxygen atoms in total. The molecule has 25 rings (SSSR count). The van der Waals surface area contributed by atoms with E-state index in [0.717, 1.165) is 261 Å². The van der Waals surface area contributed by atoms with E-state index in [1.54, 1.807) is 52.5 Å². The second-order valence-electron chi connectivity index (χ2n) is 39.0. The molecule has 18 aromatic heterocycles. The summed E-state index contributed by atoms with van der Waals surface area (Å²) >= 11 is 0. The Balaban J connectivity index is 0.000000107. The molecule has 0 bridgehead atoms. The highest BCUT2D eigenvalue weighted by Gasteiger charge is 2.27. The topological polar surface area (TPSA) is 367 Å². The summed E-state index contributed by atoms with van der Waals surface area (Å²) in [6, 6.07) is 45.5. The van der Waals surface area contributed by atoms with E-state index in [9.17, 15) is 24.0 Å². The third-order valence-corrected chi connectivity index (χ3v) is 28.3. The molecule has 0 spiro atoms. The van der Waals surface area contributed by atoms with Gasteiger partial charge in [-0.15, -0.1) is 0 Å². The first-order valence-corrected chi connectivity index (χ1v) is 50.4. The Labute approximate surface area is 840 Å². The zero-order valence-electron chi connectivity index (χ0n) is 84.5. The number of aromatic nitrogens is 23. The first-order chi connectivity index (χ1) is 70.7. The normalized spacial score (nSPS) is 15.4. The monoisotopic (exact) mass is 1960 g/mol. The summed E-state index contributed by atoms with van der Waals surface area (Å²) in [5, 5.41) is 20.6. The molecule has 20 aromatic rings. The first-order valence-electron chi connectivity index (χ1n) is 50.4. The zero-order chi connectivity index (χ0) is 101. The van der Waals surface area contributed by atoms with Gasteiger partial charge < -0.3 is 59.3 Å². The van der Waals surface area contributed by atoms with Crippen molar-refractivity contribution >= 4 is 89.9 Å². The van der Waals surface area contributed by atoms with Crippen molar-refractivity contribution < 1.29 is 0 Å². The average Bonchev–Trinajstić information content (AvgIpc) is 1.73. The molecule has 746 valence electrons. The number of rotatable bonds is 14. The van der Waals surface area contributed by atoms with Crippen LogP contribution in [-0.2, 0) is 0 Å². The van der Waals surface area contributed by atoms with Crippen LogP contribution in [0.4, 0.5) is 22.9 Å². The number of piperazine rings is 3. The standard InChI is InChI=1S/C24H28N6O.C22H24N6O.C21H24N8O.2C21H22N6O/c1-4-9-28-10-7-18(8-11-28)19-5-6-23-26-20(13-24(31)29(23)15-19)21-12-22-17(3)25-16(2)14-30(22)27-21;1-3-26-8-10-27(11-9-26)17-5-7-21-25-19(13-22(29)28(21)14-17)16-4-6-18-20(12-16)24-15(2)23-18;1-14-12-29-18(21(23-14)26(2)3)10-17(25-29)16-11-20(30)28-13-15(4-5-19(28)24-16)27-8-6-22-7-9-27;1-14-22-17-5-3-15(11-19(17)23-14)18-12-21(28)27-13-16(4-6-20(27)24-18)26-9-7-25(2)8-10-26;1-13-9-16(12-26-11-14(2)23-21(13)26)18-10-20(28)27-19(24-18)4-3-17(25-27)15-5-7-22-8-6-15/h5-6,12-15,18H,4,7-11H2,1-3H3;4-7,12-14H,3,8-11H2,1-2H3,(H,23,24);4-5,10-13,22H,6-9H2,1-3H3;3-6,11-13H,7-10H2,1-2H3,(H,22,23);3-4,9-12,15,22H,5-8H2,1-2H3. The van der Waals surface area contributed by atoms with Crippen LogP contribution in [-0.4, -0.2) is 264 Å². The van der Waals surface area contributed by atoms with Crippen LogP contribution in [0.1, 0.15) is 109 Å². The van der Waals surface area contributed by atoms with Gasteiger partial charge in [-0.25, -0.2) is 53.9 Å². The molecule has 23 heterocycles. The summed E-state index contributed by atoms with van der Waals surface area (Å²) in [5.41, 5.74) is 26.3. The lowest BCUT2D eigenvalue weighted by Gasteiger charge is -2.35. The highest BCUT2D eigenvalue weighted by Crippen LogP contribution is 2.34. The van der Waals surface area contributed by atoms with Gasteiger partial charge in [0.25, 0.3) is 27.8 Å². The van der Waals surface area contributed by atoms with Crippen molar-refractivity contribution in [3.63, 3.8) is 0 Å². The fourth-order valence-corrected chi connectivity index (χ4v) is 20.4. The molecule has 5 saturated heterocycles. The fourth-order valence-electron chi connectivity index (χ4n) is 20.4. The van der Waals surface area contributed by atoms with Gasteiger partial charge >= 0.3 is 0 Å². The fraction of sp³-hybridized carbons (Fsp3) is 0.339. The molecular weight excluding hydrogens is 1840 g/mol. The van der Waals surface area contributed by atoms with E-state index in [-0.39, 0.29) is 27.8 Å². The third-order valence-electron chi connectivity index (χ3n) is 28.3. The summed E-state index contributed by atoms with van der Waals surface area (Å²) < 4.78 is 13.6. The van der Waals surface area contributed by atoms with Crippen LogP contribution < -0.4 is 58.0 Å². The molecule has 0 radical (unpaired) electrons. The Hall–Kier alpha value is -16.0. The van der Waals surface area contributed by atoms with E-state index in [2.05, 4.69) is 129 Å². The molecule has 4 N–H and O–H groups in total. The molecule has 0 aliphatic carbocycles. The number of pyridine rings is 5. The number of aromatic amines is 2. The first kappa shape index (κ1) is 96.2. The van der Waals surface area contributed by atoms with Crippen LogP contribution in [0.3, 0.4) is 0 Å². The molecule has 5 fully saturated rings. The number of nitrogens with one attached hydrogen (secondary N) is 4. The average molecular weight is 1960 g/mol. The quantitative estimate of drug-likeness (QED) is 0.0785. The van der Waals surface area contributed by atoms with Crippen molar-refractivity contribution in [3.05, 3.63) is 298 Å². The van der Waals surface area contributed by atoms with Crippen molar-refractivity contribution in [2.45, 2.75) is 106 Å². The van der Waals surface area contributed by atoms with Crippen molar-refractivity contribution in [2.75, 3.05) is 159 Å². The molecule has 146 heavy (non-hydrogen) atoms. The van der Waals surface area contributed by atoms with E-state index in [1.807, 2.05) is 223 Å². The van der Waals surface area contributed by atoms with E-state index < -0.39 is 0 Å². The lowest BCUT2D eigenvalue weighted by atomic mass is 9.90. The van der Waals surface area contributed by atoms with Crippen molar-refractivity contribution in [1.82, 2.24) is 136 Å². The van der Waals surface area contributed by atoms with E-state index in [1.165, 1.54) is 23.0 Å². The molecule has 0 unspecified atom stereocenters. The number of aryl methyl sites for hydroxylation is 7. The SMILES string of the molecule is CCCN1CCC(c2ccc3nc(-c4cc5c(C)nc(C)cn5n4)cc(=O)n3c2)CC1.CCN1CCN(c2ccc3nc(-c4ccc5nc(C)[nH]c5c4)cc(=O)n3c2)CC1.Cc1cn2cc(-c3cc(=O)n4nc(C5CCNCC5)ccc4n3)cc(C)c2n1.Cc1cn2nc(-c3cc(=O)n4cc(N5CCNCC5)ccc4n3)cc2c(N(C)C)n1.Cc1nc2ccc(-c3cc(=O)n4cc(N5CCN(C)CC5)ccc4n3)cc2[nH]1. The summed E-state index contributed by atoms with van der Waals surface area (Å²) in [5.74, 6) is 3.46. The predicted octanol–water partition coefficient (Wildman–Crippen LogP) is 12.3. The molecular formula is C109H120N32O5. The zero-order valence-corrected chi connectivity index (χ0v) is 84.5. The van der Waals surface area contributed by atoms with E-state index >= 15 is 0 Å². The minimum atomic E-state index is -0.157. The van der Waals surface area contributed by atoms with Crippen LogP contribution in [0.2, 0.25) is 0 Å². The van der Waals surface area contributed by atoms with Gasteiger partial charge in [0, 0.05) is 183 Å². The maximum atomic E-state index is 12.9. The van der Waals surface area contributed by atoms with Gasteiger partial charge in [-0.1, -0.05) is 32.0 Å². The number of H-pyrrole nitrogens is 2. The number of nitrogens with zero attached hydrogens (tertiary/aromatic N) is 28.